The zero-order valence-corrected chi connectivity index (χ0v) is 11.0. The number of hydrogen-bond donors (Lipinski definition) is 0. The van der Waals surface area contributed by atoms with Crippen molar-refractivity contribution in [3.63, 3.8) is 0 Å². The summed E-state index contributed by atoms with van der Waals surface area (Å²) in [5.41, 5.74) is 1.16. The van der Waals surface area contributed by atoms with Crippen LogP contribution in [0.4, 0.5) is 0 Å². The molecule has 0 aromatic heterocycles. The lowest BCUT2D eigenvalue weighted by atomic mass is 10.1. The van der Waals surface area contributed by atoms with Gasteiger partial charge in [0.25, 0.3) is 0 Å². The van der Waals surface area contributed by atoms with Crippen molar-refractivity contribution < 1.29 is 9.47 Å². The van der Waals surface area contributed by atoms with Crippen LogP contribution in [0.15, 0.2) is 24.3 Å². The van der Waals surface area contributed by atoms with Crippen LogP contribution in [0.5, 0.6) is 0 Å². The van der Waals surface area contributed by atoms with Crippen LogP contribution in [0.2, 0.25) is 0 Å². The molecule has 0 bridgehead atoms. The molecule has 3 heteroatoms. The quantitative estimate of drug-likeness (QED) is 0.740. The molecule has 1 aromatic rings. The zero-order valence-electron chi connectivity index (χ0n) is 8.87. The third-order valence-electron chi connectivity index (χ3n) is 2.40. The first kappa shape index (κ1) is 11.4. The standard InChI is InChI=1S/C12H14IO2/c1-8-11(15-12(2,3)14-8)9-6-4-5-7-10(9)13/h4-8,11H,1H2,2-3H3. The first-order chi connectivity index (χ1) is 6.99. The highest BCUT2D eigenvalue weighted by Crippen LogP contribution is 2.39. The Labute approximate surface area is 104 Å². The third-order valence-corrected chi connectivity index (χ3v) is 3.38. The topological polar surface area (TPSA) is 18.5 Å². The number of hydrogen-bond acceptors (Lipinski definition) is 2. The summed E-state index contributed by atoms with van der Waals surface area (Å²) in [6.07, 6.45) is -0.205. The van der Waals surface area contributed by atoms with Gasteiger partial charge in [-0.15, -0.1) is 0 Å². The van der Waals surface area contributed by atoms with Crippen LogP contribution in [0, 0.1) is 10.5 Å². The van der Waals surface area contributed by atoms with E-state index in [9.17, 15) is 0 Å². The van der Waals surface area contributed by atoms with Crippen molar-refractivity contribution in [2.45, 2.75) is 31.8 Å². The smallest absolute Gasteiger partial charge is 0.164 e. The molecule has 2 atom stereocenters. The summed E-state index contributed by atoms with van der Waals surface area (Å²) in [5.74, 6) is -0.532. The molecule has 2 unspecified atom stereocenters. The van der Waals surface area contributed by atoms with E-state index >= 15 is 0 Å². The average Bonchev–Trinajstić information content (AvgIpc) is 2.40. The summed E-state index contributed by atoms with van der Waals surface area (Å²) < 4.78 is 12.7. The van der Waals surface area contributed by atoms with E-state index in [4.69, 9.17) is 9.47 Å². The highest BCUT2D eigenvalue weighted by atomic mass is 127. The van der Waals surface area contributed by atoms with Crippen LogP contribution in [-0.4, -0.2) is 11.9 Å². The lowest BCUT2D eigenvalue weighted by Crippen LogP contribution is -2.20. The lowest BCUT2D eigenvalue weighted by molar-refractivity contribution is -0.143. The number of ether oxygens (including phenoxy) is 2. The van der Waals surface area contributed by atoms with Gasteiger partial charge < -0.3 is 9.47 Å². The summed E-state index contributed by atoms with van der Waals surface area (Å²) in [5, 5.41) is 0. The Hall–Kier alpha value is -0.130. The monoisotopic (exact) mass is 317 g/mol. The maximum absolute atomic E-state index is 5.84. The Morgan fingerprint density at radius 3 is 2.47 bits per heavy atom. The highest BCUT2D eigenvalue weighted by molar-refractivity contribution is 14.1. The van der Waals surface area contributed by atoms with Gasteiger partial charge >= 0.3 is 0 Å². The van der Waals surface area contributed by atoms with Crippen molar-refractivity contribution >= 4 is 22.6 Å². The minimum Gasteiger partial charge on any atom is -0.344 e. The van der Waals surface area contributed by atoms with Crippen LogP contribution >= 0.6 is 22.6 Å². The molecule has 0 N–H and O–H groups in total. The van der Waals surface area contributed by atoms with E-state index in [-0.39, 0.29) is 12.2 Å². The third kappa shape index (κ3) is 2.34. The van der Waals surface area contributed by atoms with Crippen molar-refractivity contribution in [2.24, 2.45) is 0 Å². The van der Waals surface area contributed by atoms with Crippen molar-refractivity contribution in [2.75, 3.05) is 0 Å². The van der Waals surface area contributed by atoms with Gasteiger partial charge in [-0.2, -0.15) is 0 Å². The normalized spacial score (nSPS) is 29.3. The molecular weight excluding hydrogens is 303 g/mol. The van der Waals surface area contributed by atoms with Gasteiger partial charge in [0.05, 0.1) is 6.10 Å². The van der Waals surface area contributed by atoms with E-state index in [1.807, 2.05) is 26.0 Å². The molecule has 1 aliphatic rings. The molecule has 15 heavy (non-hydrogen) atoms. The lowest BCUT2D eigenvalue weighted by Gasteiger charge is -2.17. The fourth-order valence-corrected chi connectivity index (χ4v) is 2.50. The van der Waals surface area contributed by atoms with Crippen LogP contribution in [-0.2, 0) is 9.47 Å². The Kier molecular flexibility index (Phi) is 3.05. The van der Waals surface area contributed by atoms with Crippen molar-refractivity contribution in [1.29, 1.82) is 0 Å². The summed E-state index contributed by atoms with van der Waals surface area (Å²) in [4.78, 5) is 0. The molecule has 2 nitrogen and oxygen atoms in total. The predicted octanol–water partition coefficient (Wildman–Crippen LogP) is 3.32. The summed E-state index contributed by atoms with van der Waals surface area (Å²) in [7, 11) is 0. The highest BCUT2D eigenvalue weighted by Gasteiger charge is 2.40. The van der Waals surface area contributed by atoms with Crippen LogP contribution < -0.4 is 0 Å². The minimum absolute atomic E-state index is 0.0619. The first-order valence-electron chi connectivity index (χ1n) is 4.93. The van der Waals surface area contributed by atoms with E-state index in [1.165, 1.54) is 3.57 Å². The molecular formula is C12H14IO2. The van der Waals surface area contributed by atoms with Gasteiger partial charge in [-0.3, -0.25) is 0 Å². The molecule has 1 radical (unpaired) electrons. The fourth-order valence-electron chi connectivity index (χ4n) is 1.81. The van der Waals surface area contributed by atoms with E-state index in [1.54, 1.807) is 0 Å². The number of rotatable bonds is 1. The van der Waals surface area contributed by atoms with E-state index in [0.717, 1.165) is 5.56 Å². The second-order valence-electron chi connectivity index (χ2n) is 4.12. The number of halogens is 1. The van der Waals surface area contributed by atoms with Crippen LogP contribution in [0.25, 0.3) is 0 Å². The van der Waals surface area contributed by atoms with Gasteiger partial charge in [-0.25, -0.2) is 0 Å². The minimum atomic E-state index is -0.532. The Bertz CT molecular complexity index is 362. The zero-order chi connectivity index (χ0) is 11.1. The molecule has 0 amide bonds. The van der Waals surface area contributed by atoms with Gasteiger partial charge in [-0.1, -0.05) is 18.2 Å². The van der Waals surface area contributed by atoms with Gasteiger partial charge in [0.1, 0.15) is 6.10 Å². The van der Waals surface area contributed by atoms with Gasteiger partial charge in [0.2, 0.25) is 0 Å². The summed E-state index contributed by atoms with van der Waals surface area (Å²) in [6, 6.07) is 8.16. The fraction of sp³-hybridized carbons (Fsp3) is 0.417. The van der Waals surface area contributed by atoms with Crippen molar-refractivity contribution in [1.82, 2.24) is 0 Å². The summed E-state index contributed by atoms with van der Waals surface area (Å²) in [6.45, 7) is 7.82. The Morgan fingerprint density at radius 2 is 1.93 bits per heavy atom. The first-order valence-corrected chi connectivity index (χ1v) is 6.00. The van der Waals surface area contributed by atoms with Crippen LogP contribution in [0.1, 0.15) is 25.5 Å². The largest absolute Gasteiger partial charge is 0.344 e. The van der Waals surface area contributed by atoms with Gasteiger partial charge in [0, 0.05) is 3.57 Å². The van der Waals surface area contributed by atoms with E-state index in [2.05, 4.69) is 41.6 Å². The number of benzene rings is 1. The molecule has 0 spiro atoms. The molecule has 2 rings (SSSR count). The van der Waals surface area contributed by atoms with E-state index in [0.29, 0.717) is 0 Å². The molecule has 1 aromatic carbocycles. The SMILES string of the molecule is [CH2]C1OC(C)(C)OC1c1ccccc1I. The molecule has 1 heterocycles. The van der Waals surface area contributed by atoms with Gasteiger partial charge in [0.15, 0.2) is 5.79 Å². The van der Waals surface area contributed by atoms with E-state index < -0.39 is 5.79 Å². The molecule has 81 valence electrons. The maximum atomic E-state index is 5.84. The average molecular weight is 317 g/mol. The van der Waals surface area contributed by atoms with Crippen molar-refractivity contribution in [3.8, 4) is 0 Å². The second kappa shape index (κ2) is 4.03. The molecule has 1 aliphatic heterocycles. The predicted molar refractivity (Wildman–Crippen MR) is 67.3 cm³/mol. The molecule has 1 saturated heterocycles. The Balaban J connectivity index is 2.29. The molecule has 0 saturated carbocycles. The van der Waals surface area contributed by atoms with Crippen LogP contribution in [0.3, 0.4) is 0 Å². The maximum Gasteiger partial charge on any atom is 0.164 e. The van der Waals surface area contributed by atoms with Gasteiger partial charge in [-0.05, 0) is 55.0 Å². The Morgan fingerprint density at radius 1 is 1.27 bits per heavy atom. The second-order valence-corrected chi connectivity index (χ2v) is 5.28. The molecule has 0 aliphatic carbocycles. The summed E-state index contributed by atoms with van der Waals surface area (Å²) >= 11 is 2.31. The molecule has 1 fully saturated rings. The van der Waals surface area contributed by atoms with Crippen molar-refractivity contribution in [3.05, 3.63) is 40.3 Å².